The van der Waals surface area contributed by atoms with Crippen molar-refractivity contribution >= 4 is 23.6 Å². The minimum atomic E-state index is -0.923. The van der Waals surface area contributed by atoms with E-state index < -0.39 is 17.6 Å². The summed E-state index contributed by atoms with van der Waals surface area (Å²) in [7, 11) is 0. The Morgan fingerprint density at radius 2 is 2.06 bits per heavy atom. The van der Waals surface area contributed by atoms with Gasteiger partial charge in [0.1, 0.15) is 6.04 Å². The fourth-order valence-corrected chi connectivity index (χ4v) is 4.16. The van der Waals surface area contributed by atoms with Crippen molar-refractivity contribution in [3.8, 4) is 0 Å². The van der Waals surface area contributed by atoms with Crippen LogP contribution in [0.15, 0.2) is 0 Å². The molecule has 5 nitrogen and oxygen atoms in total. The van der Waals surface area contributed by atoms with Gasteiger partial charge in [-0.25, -0.2) is 4.79 Å². The molecule has 1 heterocycles. The quantitative estimate of drug-likeness (QED) is 0.801. The van der Waals surface area contributed by atoms with Gasteiger partial charge in [-0.05, 0) is 19.3 Å². The minimum absolute atomic E-state index is 0.0420. The van der Waals surface area contributed by atoms with Crippen LogP contribution in [-0.2, 0) is 9.59 Å². The fourth-order valence-electron chi connectivity index (χ4n) is 2.82. The summed E-state index contributed by atoms with van der Waals surface area (Å²) in [6, 6.07) is -0.714. The van der Waals surface area contributed by atoms with Crippen molar-refractivity contribution in [2.24, 2.45) is 5.73 Å². The maximum atomic E-state index is 12.6. The van der Waals surface area contributed by atoms with Gasteiger partial charge in [0.25, 0.3) is 0 Å². The lowest BCUT2D eigenvalue weighted by Crippen LogP contribution is -2.58. The van der Waals surface area contributed by atoms with Crippen LogP contribution >= 0.6 is 11.8 Å². The molecule has 0 aromatic heterocycles. The number of carboxylic acids is 1. The smallest absolute Gasteiger partial charge is 0.327 e. The molecule has 18 heavy (non-hydrogen) atoms. The second kappa shape index (κ2) is 5.09. The van der Waals surface area contributed by atoms with E-state index in [0.29, 0.717) is 18.6 Å². The highest BCUT2D eigenvalue weighted by molar-refractivity contribution is 8.00. The summed E-state index contributed by atoms with van der Waals surface area (Å²) in [5.41, 5.74) is 5.34. The van der Waals surface area contributed by atoms with E-state index in [1.807, 2.05) is 6.92 Å². The standard InChI is InChI=1S/C12H20N2O3S/c1-2-9-14(8(7-18-9)10(15)16)11(17)12(13)5-3-4-6-12/h8-9H,2-7,13H2,1H3,(H,15,16). The van der Waals surface area contributed by atoms with Crippen molar-refractivity contribution in [3.63, 3.8) is 0 Å². The van der Waals surface area contributed by atoms with Crippen LogP contribution in [-0.4, -0.2) is 44.6 Å². The molecule has 1 amide bonds. The Bertz CT molecular complexity index is 355. The van der Waals surface area contributed by atoms with Gasteiger partial charge < -0.3 is 15.7 Å². The Morgan fingerprint density at radius 1 is 1.44 bits per heavy atom. The van der Waals surface area contributed by atoms with Gasteiger partial charge in [-0.3, -0.25) is 4.79 Å². The van der Waals surface area contributed by atoms with Crippen LogP contribution in [0.5, 0.6) is 0 Å². The van der Waals surface area contributed by atoms with Gasteiger partial charge >= 0.3 is 5.97 Å². The highest BCUT2D eigenvalue weighted by Crippen LogP contribution is 2.37. The number of hydrogen-bond donors (Lipinski definition) is 2. The van der Waals surface area contributed by atoms with Crippen LogP contribution in [0.2, 0.25) is 0 Å². The third-order valence-corrected chi connectivity index (χ3v) is 5.34. The number of aliphatic carboxylic acids is 1. The maximum absolute atomic E-state index is 12.6. The highest BCUT2D eigenvalue weighted by Gasteiger charge is 2.48. The lowest BCUT2D eigenvalue weighted by molar-refractivity contribution is -0.151. The number of hydrogen-bond acceptors (Lipinski definition) is 4. The second-order valence-corrected chi connectivity index (χ2v) is 6.34. The molecule has 6 heteroatoms. The predicted octanol–water partition coefficient (Wildman–Crippen LogP) is 1.02. The van der Waals surface area contributed by atoms with Crippen LogP contribution in [0.1, 0.15) is 39.0 Å². The number of thioether (sulfide) groups is 1. The molecule has 1 saturated heterocycles. The second-order valence-electron chi connectivity index (χ2n) is 5.13. The fraction of sp³-hybridized carbons (Fsp3) is 0.833. The van der Waals surface area contributed by atoms with Crippen molar-refractivity contribution in [3.05, 3.63) is 0 Å². The van der Waals surface area contributed by atoms with E-state index in [1.54, 1.807) is 11.8 Å². The average Bonchev–Trinajstić information content (AvgIpc) is 2.94. The molecule has 0 bridgehead atoms. The molecule has 0 aromatic rings. The molecule has 0 aromatic carbocycles. The Morgan fingerprint density at radius 3 is 2.56 bits per heavy atom. The summed E-state index contributed by atoms with van der Waals surface area (Å²) in [5.74, 6) is -0.618. The Kier molecular flexibility index (Phi) is 3.87. The monoisotopic (exact) mass is 272 g/mol. The summed E-state index contributed by atoms with van der Waals surface area (Å²) < 4.78 is 0. The van der Waals surface area contributed by atoms with Crippen LogP contribution in [0.3, 0.4) is 0 Å². The Balaban J connectivity index is 2.21. The molecular formula is C12H20N2O3S. The molecule has 2 aliphatic rings. The summed E-state index contributed by atoms with van der Waals surface area (Å²) in [5, 5.41) is 9.18. The van der Waals surface area contributed by atoms with E-state index >= 15 is 0 Å². The van der Waals surface area contributed by atoms with E-state index in [1.165, 1.54) is 4.90 Å². The van der Waals surface area contributed by atoms with E-state index in [-0.39, 0.29) is 11.3 Å². The number of carbonyl (C=O) groups excluding carboxylic acids is 1. The van der Waals surface area contributed by atoms with Crippen LogP contribution in [0.25, 0.3) is 0 Å². The molecule has 2 fully saturated rings. The summed E-state index contributed by atoms with van der Waals surface area (Å²) in [6.07, 6.45) is 4.03. The number of nitrogens with two attached hydrogens (primary N) is 1. The van der Waals surface area contributed by atoms with Gasteiger partial charge in [-0.15, -0.1) is 11.8 Å². The van der Waals surface area contributed by atoms with Crippen molar-refractivity contribution in [1.29, 1.82) is 0 Å². The van der Waals surface area contributed by atoms with E-state index in [4.69, 9.17) is 5.73 Å². The molecule has 0 radical (unpaired) electrons. The summed E-state index contributed by atoms with van der Waals surface area (Å²) >= 11 is 1.54. The van der Waals surface area contributed by atoms with Crippen LogP contribution in [0, 0.1) is 0 Å². The van der Waals surface area contributed by atoms with Crippen LogP contribution < -0.4 is 5.73 Å². The highest BCUT2D eigenvalue weighted by atomic mass is 32.2. The number of carbonyl (C=O) groups is 2. The Hall–Kier alpha value is -0.750. The Labute approximate surface area is 111 Å². The maximum Gasteiger partial charge on any atom is 0.327 e. The number of rotatable bonds is 3. The van der Waals surface area contributed by atoms with Gasteiger partial charge in [0, 0.05) is 5.75 Å². The zero-order valence-corrected chi connectivity index (χ0v) is 11.4. The van der Waals surface area contributed by atoms with Crippen LogP contribution in [0.4, 0.5) is 0 Å². The van der Waals surface area contributed by atoms with E-state index in [0.717, 1.165) is 19.3 Å². The van der Waals surface area contributed by atoms with Crippen molar-refractivity contribution in [2.75, 3.05) is 5.75 Å². The zero-order valence-electron chi connectivity index (χ0n) is 10.6. The topological polar surface area (TPSA) is 83.6 Å². The largest absolute Gasteiger partial charge is 0.480 e. The molecule has 1 saturated carbocycles. The SMILES string of the molecule is CCC1SCC(C(=O)O)N1C(=O)C1(N)CCCC1. The third kappa shape index (κ3) is 2.23. The van der Waals surface area contributed by atoms with Gasteiger partial charge in [0.15, 0.2) is 0 Å². The molecule has 1 aliphatic heterocycles. The molecule has 1 aliphatic carbocycles. The van der Waals surface area contributed by atoms with Crippen molar-refractivity contribution < 1.29 is 14.7 Å². The van der Waals surface area contributed by atoms with E-state index in [2.05, 4.69) is 0 Å². The van der Waals surface area contributed by atoms with E-state index in [9.17, 15) is 14.7 Å². The minimum Gasteiger partial charge on any atom is -0.480 e. The normalized spacial score (nSPS) is 30.7. The molecule has 2 atom stereocenters. The molecule has 102 valence electrons. The molecule has 0 spiro atoms. The summed E-state index contributed by atoms with van der Waals surface area (Å²) in [4.78, 5) is 25.4. The first-order valence-corrected chi connectivity index (χ1v) is 7.50. The number of nitrogens with zero attached hydrogens (tertiary/aromatic N) is 1. The van der Waals surface area contributed by atoms with Crippen molar-refractivity contribution in [2.45, 2.75) is 56.0 Å². The third-order valence-electron chi connectivity index (χ3n) is 3.88. The molecule has 3 N–H and O–H groups in total. The molecular weight excluding hydrogens is 252 g/mol. The van der Waals surface area contributed by atoms with Gasteiger partial charge in [0.2, 0.25) is 5.91 Å². The first-order valence-electron chi connectivity index (χ1n) is 6.45. The first-order chi connectivity index (χ1) is 8.49. The molecule has 2 rings (SSSR count). The first kappa shape index (κ1) is 13.7. The van der Waals surface area contributed by atoms with Gasteiger partial charge in [0.05, 0.1) is 10.9 Å². The number of amides is 1. The average molecular weight is 272 g/mol. The zero-order chi connectivity index (χ0) is 13.3. The van der Waals surface area contributed by atoms with Gasteiger partial charge in [-0.1, -0.05) is 19.8 Å². The van der Waals surface area contributed by atoms with Gasteiger partial charge in [-0.2, -0.15) is 0 Å². The van der Waals surface area contributed by atoms with Crippen molar-refractivity contribution in [1.82, 2.24) is 4.90 Å². The molecule has 2 unspecified atom stereocenters. The lowest BCUT2D eigenvalue weighted by Gasteiger charge is -2.34. The predicted molar refractivity (Wildman–Crippen MR) is 70.2 cm³/mol. The number of carboxylic acid groups (broad SMARTS) is 1. The lowest BCUT2D eigenvalue weighted by atomic mass is 9.96. The summed E-state index contributed by atoms with van der Waals surface area (Å²) in [6.45, 7) is 1.97.